The van der Waals surface area contributed by atoms with Crippen LogP contribution in [-0.2, 0) is 0 Å². The smallest absolute Gasteiger partial charge is 0.321 e. The first-order chi connectivity index (χ1) is 10.0. The Balaban J connectivity index is 2.00. The standard InChI is InChI=1S/C14H18F2N2O2S/c1-20-13-11(15)5-10(6-12(13)16)17-14(19)18-4-3-9(7-18)8-21-2/h5-6,9H,3-4,7-8H2,1-2H3,(H,17,19). The van der Waals surface area contributed by atoms with Crippen LogP contribution in [0.2, 0.25) is 0 Å². The minimum atomic E-state index is -0.838. The summed E-state index contributed by atoms with van der Waals surface area (Å²) in [6.07, 6.45) is 2.99. The summed E-state index contributed by atoms with van der Waals surface area (Å²) in [4.78, 5) is 13.7. The second-order valence-corrected chi connectivity index (χ2v) is 5.87. The molecule has 4 nitrogen and oxygen atoms in total. The van der Waals surface area contributed by atoms with Crippen LogP contribution < -0.4 is 10.1 Å². The molecule has 0 aromatic heterocycles. The zero-order valence-electron chi connectivity index (χ0n) is 12.0. The Morgan fingerprint density at radius 1 is 1.48 bits per heavy atom. The van der Waals surface area contributed by atoms with Gasteiger partial charge in [-0.05, 0) is 24.3 Å². The molecule has 21 heavy (non-hydrogen) atoms. The molecule has 1 unspecified atom stereocenters. The van der Waals surface area contributed by atoms with Crippen LogP contribution >= 0.6 is 11.8 Å². The molecule has 1 heterocycles. The van der Waals surface area contributed by atoms with E-state index >= 15 is 0 Å². The summed E-state index contributed by atoms with van der Waals surface area (Å²) in [5, 5.41) is 2.52. The molecule has 0 radical (unpaired) electrons. The molecule has 0 saturated carbocycles. The SMILES string of the molecule is COc1c(F)cc(NC(=O)N2CCC(CSC)C2)cc1F. The van der Waals surface area contributed by atoms with Crippen molar-refractivity contribution in [2.75, 3.05) is 37.5 Å². The number of halogens is 2. The monoisotopic (exact) mass is 316 g/mol. The molecule has 116 valence electrons. The van der Waals surface area contributed by atoms with Gasteiger partial charge in [0, 0.05) is 30.9 Å². The number of carbonyl (C=O) groups is 1. The number of benzene rings is 1. The van der Waals surface area contributed by atoms with Gasteiger partial charge >= 0.3 is 6.03 Å². The van der Waals surface area contributed by atoms with E-state index in [0.29, 0.717) is 19.0 Å². The lowest BCUT2D eigenvalue weighted by Gasteiger charge is -2.17. The summed E-state index contributed by atoms with van der Waals surface area (Å²) < 4.78 is 31.7. The molecular weight excluding hydrogens is 298 g/mol. The highest BCUT2D eigenvalue weighted by molar-refractivity contribution is 7.98. The second-order valence-electron chi connectivity index (χ2n) is 4.96. The van der Waals surface area contributed by atoms with E-state index in [4.69, 9.17) is 0 Å². The third kappa shape index (κ3) is 3.78. The van der Waals surface area contributed by atoms with Crippen LogP contribution in [0.25, 0.3) is 0 Å². The molecule has 0 spiro atoms. The summed E-state index contributed by atoms with van der Waals surface area (Å²) in [5.41, 5.74) is 0.0871. The Morgan fingerprint density at radius 2 is 2.14 bits per heavy atom. The first kappa shape index (κ1) is 15.9. The van der Waals surface area contributed by atoms with E-state index in [1.807, 2.05) is 6.26 Å². The zero-order chi connectivity index (χ0) is 15.4. The van der Waals surface area contributed by atoms with E-state index in [1.54, 1.807) is 16.7 Å². The third-order valence-corrected chi connectivity index (χ3v) is 4.23. The molecule has 0 bridgehead atoms. The van der Waals surface area contributed by atoms with Gasteiger partial charge in [-0.1, -0.05) is 0 Å². The van der Waals surface area contributed by atoms with Crippen molar-refractivity contribution in [2.24, 2.45) is 5.92 Å². The number of ether oxygens (including phenoxy) is 1. The molecule has 1 atom stereocenters. The Kier molecular flexibility index (Phi) is 5.27. The Bertz CT molecular complexity index is 505. The van der Waals surface area contributed by atoms with Gasteiger partial charge in [0.15, 0.2) is 17.4 Å². The Labute approximate surface area is 126 Å². The molecule has 1 fully saturated rings. The molecule has 1 aliphatic heterocycles. The van der Waals surface area contributed by atoms with E-state index in [1.165, 1.54) is 7.11 Å². The van der Waals surface area contributed by atoms with Gasteiger partial charge in [-0.2, -0.15) is 11.8 Å². The maximum atomic E-state index is 13.6. The molecule has 2 rings (SSSR count). The molecule has 1 aromatic rings. The number of nitrogens with zero attached hydrogens (tertiary/aromatic N) is 1. The fraction of sp³-hybridized carbons (Fsp3) is 0.500. The number of anilines is 1. The van der Waals surface area contributed by atoms with Crippen LogP contribution in [0.15, 0.2) is 12.1 Å². The predicted octanol–water partition coefficient (Wildman–Crippen LogP) is 3.19. The van der Waals surface area contributed by atoms with Crippen LogP contribution in [-0.4, -0.2) is 43.1 Å². The van der Waals surface area contributed by atoms with E-state index in [2.05, 4.69) is 10.1 Å². The minimum absolute atomic E-state index is 0.0871. The summed E-state index contributed by atoms with van der Waals surface area (Å²) in [5.74, 6) is -0.636. The number of carbonyl (C=O) groups excluding carboxylic acids is 1. The van der Waals surface area contributed by atoms with Crippen molar-refractivity contribution in [2.45, 2.75) is 6.42 Å². The number of hydrogen-bond acceptors (Lipinski definition) is 3. The maximum Gasteiger partial charge on any atom is 0.321 e. The molecular formula is C14H18F2N2O2S. The van der Waals surface area contributed by atoms with Crippen molar-refractivity contribution in [3.05, 3.63) is 23.8 Å². The van der Waals surface area contributed by atoms with Gasteiger partial charge in [-0.25, -0.2) is 13.6 Å². The van der Waals surface area contributed by atoms with Crippen molar-refractivity contribution < 1.29 is 18.3 Å². The first-order valence-corrected chi connectivity index (χ1v) is 8.02. The van der Waals surface area contributed by atoms with Gasteiger partial charge in [0.05, 0.1) is 7.11 Å². The van der Waals surface area contributed by atoms with E-state index < -0.39 is 17.4 Å². The molecule has 1 N–H and O–H groups in total. The highest BCUT2D eigenvalue weighted by Crippen LogP contribution is 2.26. The number of likely N-dealkylation sites (tertiary alicyclic amines) is 1. The average molecular weight is 316 g/mol. The highest BCUT2D eigenvalue weighted by Gasteiger charge is 2.26. The number of methoxy groups -OCH3 is 1. The van der Waals surface area contributed by atoms with Gasteiger partial charge in [0.2, 0.25) is 0 Å². The van der Waals surface area contributed by atoms with E-state index in [0.717, 1.165) is 24.3 Å². The highest BCUT2D eigenvalue weighted by atomic mass is 32.2. The average Bonchev–Trinajstić information content (AvgIpc) is 2.87. The normalized spacial score (nSPS) is 17.9. The van der Waals surface area contributed by atoms with E-state index in [-0.39, 0.29) is 11.7 Å². The molecule has 0 aliphatic carbocycles. The van der Waals surface area contributed by atoms with Crippen LogP contribution in [0.4, 0.5) is 19.3 Å². The van der Waals surface area contributed by atoms with Gasteiger partial charge in [-0.3, -0.25) is 0 Å². The number of rotatable bonds is 4. The van der Waals surface area contributed by atoms with Crippen LogP contribution in [0, 0.1) is 17.6 Å². The van der Waals surface area contributed by atoms with Crippen molar-refractivity contribution >= 4 is 23.5 Å². The largest absolute Gasteiger partial charge is 0.491 e. The lowest BCUT2D eigenvalue weighted by atomic mass is 10.2. The summed E-state index contributed by atoms with van der Waals surface area (Å²) in [7, 11) is 1.19. The van der Waals surface area contributed by atoms with Gasteiger partial charge in [0.25, 0.3) is 0 Å². The van der Waals surface area contributed by atoms with Crippen molar-refractivity contribution in [3.63, 3.8) is 0 Å². The summed E-state index contributed by atoms with van der Waals surface area (Å²) in [6, 6.07) is 1.77. The number of urea groups is 1. The third-order valence-electron chi connectivity index (χ3n) is 3.43. The summed E-state index contributed by atoms with van der Waals surface area (Å²) >= 11 is 1.75. The number of hydrogen-bond donors (Lipinski definition) is 1. The van der Waals surface area contributed by atoms with Gasteiger partial charge in [0.1, 0.15) is 0 Å². The Morgan fingerprint density at radius 3 is 2.71 bits per heavy atom. The zero-order valence-corrected chi connectivity index (χ0v) is 12.8. The van der Waals surface area contributed by atoms with Crippen molar-refractivity contribution in [1.29, 1.82) is 0 Å². The van der Waals surface area contributed by atoms with Crippen LogP contribution in [0.3, 0.4) is 0 Å². The van der Waals surface area contributed by atoms with Crippen LogP contribution in [0.1, 0.15) is 6.42 Å². The molecule has 1 aromatic carbocycles. The maximum absolute atomic E-state index is 13.6. The fourth-order valence-electron chi connectivity index (χ4n) is 2.42. The van der Waals surface area contributed by atoms with Crippen molar-refractivity contribution in [3.8, 4) is 5.75 Å². The lowest BCUT2D eigenvalue weighted by molar-refractivity contribution is 0.221. The fourth-order valence-corrected chi connectivity index (χ4v) is 3.16. The second kappa shape index (κ2) is 6.98. The van der Waals surface area contributed by atoms with E-state index in [9.17, 15) is 13.6 Å². The number of nitrogens with one attached hydrogen (secondary N) is 1. The molecule has 7 heteroatoms. The van der Waals surface area contributed by atoms with Crippen LogP contribution in [0.5, 0.6) is 5.75 Å². The van der Waals surface area contributed by atoms with Crippen molar-refractivity contribution in [1.82, 2.24) is 4.90 Å². The first-order valence-electron chi connectivity index (χ1n) is 6.63. The quantitative estimate of drug-likeness (QED) is 0.927. The molecule has 1 saturated heterocycles. The Hall–Kier alpha value is -1.50. The lowest BCUT2D eigenvalue weighted by Crippen LogP contribution is -2.33. The van der Waals surface area contributed by atoms with Gasteiger partial charge < -0.3 is 15.0 Å². The topological polar surface area (TPSA) is 41.6 Å². The minimum Gasteiger partial charge on any atom is -0.491 e. The summed E-state index contributed by atoms with van der Waals surface area (Å²) in [6.45, 7) is 1.34. The predicted molar refractivity (Wildman–Crippen MR) is 80.0 cm³/mol. The number of thioether (sulfide) groups is 1. The number of amides is 2. The van der Waals surface area contributed by atoms with Gasteiger partial charge in [-0.15, -0.1) is 0 Å². The molecule has 2 amide bonds. The molecule has 1 aliphatic rings.